The Bertz CT molecular complexity index is 1020. The highest BCUT2D eigenvalue weighted by Crippen LogP contribution is 2.34. The number of nitrogens with one attached hydrogen (secondary N) is 1. The van der Waals surface area contributed by atoms with Crippen molar-refractivity contribution in [2.24, 2.45) is 0 Å². The van der Waals surface area contributed by atoms with Crippen LogP contribution in [0.2, 0.25) is 0 Å². The number of imidazole rings is 1. The van der Waals surface area contributed by atoms with E-state index >= 15 is 0 Å². The lowest BCUT2D eigenvalue weighted by molar-refractivity contribution is 0.0650. The van der Waals surface area contributed by atoms with Gasteiger partial charge in [-0.2, -0.15) is 0 Å². The fraction of sp³-hybridized carbons (Fsp3) is 0.524. The molecule has 1 amide bonds. The molecule has 2 saturated heterocycles. The Morgan fingerprint density at radius 2 is 2.14 bits per heavy atom. The van der Waals surface area contributed by atoms with E-state index in [-0.39, 0.29) is 35.8 Å². The first-order chi connectivity index (χ1) is 13.9. The molecular formula is C21H25FN4O3. The number of rotatable bonds is 3. The van der Waals surface area contributed by atoms with Crippen LogP contribution in [-0.4, -0.2) is 63.8 Å². The zero-order chi connectivity index (χ0) is 20.6. The van der Waals surface area contributed by atoms with Crippen LogP contribution in [0.5, 0.6) is 0 Å². The fourth-order valence-corrected chi connectivity index (χ4v) is 4.68. The SMILES string of the molecule is C#CCOC(=O)N1CCC(C)(N2CCC(n3c(=O)[nH]c4cc(F)ccc43)CC2)C1. The molecule has 0 radical (unpaired) electrons. The van der Waals surface area contributed by atoms with E-state index in [1.54, 1.807) is 15.5 Å². The van der Waals surface area contributed by atoms with E-state index in [9.17, 15) is 14.0 Å². The largest absolute Gasteiger partial charge is 0.436 e. The number of halogens is 1. The first-order valence-corrected chi connectivity index (χ1v) is 9.91. The molecule has 7 nitrogen and oxygen atoms in total. The summed E-state index contributed by atoms with van der Waals surface area (Å²) in [6, 6.07) is 4.47. The van der Waals surface area contributed by atoms with Gasteiger partial charge in [-0.05, 0) is 44.4 Å². The zero-order valence-electron chi connectivity index (χ0n) is 16.5. The van der Waals surface area contributed by atoms with Crippen molar-refractivity contribution in [3.8, 4) is 12.3 Å². The number of aromatic amines is 1. The lowest BCUT2D eigenvalue weighted by Crippen LogP contribution is -2.52. The molecule has 1 aromatic heterocycles. The first-order valence-electron chi connectivity index (χ1n) is 9.91. The number of nitrogens with zero attached hydrogens (tertiary/aromatic N) is 3. The Labute approximate surface area is 168 Å². The number of aromatic nitrogens is 2. The third kappa shape index (κ3) is 3.62. The Morgan fingerprint density at radius 1 is 1.38 bits per heavy atom. The summed E-state index contributed by atoms with van der Waals surface area (Å²) in [5.74, 6) is 1.95. The van der Waals surface area contributed by atoms with E-state index in [1.807, 2.05) is 0 Å². The molecule has 29 heavy (non-hydrogen) atoms. The molecule has 2 aliphatic rings. The Hall–Kier alpha value is -2.79. The van der Waals surface area contributed by atoms with Crippen molar-refractivity contribution in [2.75, 3.05) is 32.8 Å². The summed E-state index contributed by atoms with van der Waals surface area (Å²) in [5.41, 5.74) is 0.957. The minimum absolute atomic E-state index is 0.0132. The fourth-order valence-electron chi connectivity index (χ4n) is 4.68. The van der Waals surface area contributed by atoms with Crippen LogP contribution in [0.3, 0.4) is 0 Å². The molecule has 0 bridgehead atoms. The van der Waals surface area contributed by atoms with Crippen LogP contribution in [0.15, 0.2) is 23.0 Å². The maximum atomic E-state index is 13.5. The predicted octanol–water partition coefficient (Wildman–Crippen LogP) is 2.34. The molecule has 0 aliphatic carbocycles. The molecule has 0 spiro atoms. The van der Waals surface area contributed by atoms with Gasteiger partial charge < -0.3 is 14.6 Å². The maximum absolute atomic E-state index is 13.5. The van der Waals surface area contributed by atoms with Crippen LogP contribution in [0.1, 0.15) is 32.2 Å². The minimum Gasteiger partial charge on any atom is -0.436 e. The second kappa shape index (κ2) is 7.56. The zero-order valence-corrected chi connectivity index (χ0v) is 16.5. The minimum atomic E-state index is -0.362. The second-order valence-corrected chi connectivity index (χ2v) is 8.11. The average molecular weight is 400 g/mol. The van der Waals surface area contributed by atoms with Crippen molar-refractivity contribution in [3.63, 3.8) is 0 Å². The van der Waals surface area contributed by atoms with E-state index in [4.69, 9.17) is 11.2 Å². The molecule has 4 rings (SSSR count). The summed E-state index contributed by atoms with van der Waals surface area (Å²) in [6.07, 6.45) is 7.30. The van der Waals surface area contributed by atoms with Crippen LogP contribution in [0.4, 0.5) is 9.18 Å². The van der Waals surface area contributed by atoms with Crippen LogP contribution >= 0.6 is 0 Å². The number of likely N-dealkylation sites (tertiary alicyclic amines) is 2. The van der Waals surface area contributed by atoms with Crippen molar-refractivity contribution < 1.29 is 13.9 Å². The standard InChI is InChI=1S/C21H25FN4O3/c1-3-12-29-20(28)24-11-8-21(2,14-24)25-9-6-16(7-10-25)26-18-5-4-15(22)13-17(18)23-19(26)27/h1,4-5,13,16H,6-12,14H2,2H3,(H,23,27). The molecule has 1 unspecified atom stereocenters. The van der Waals surface area contributed by atoms with Crippen LogP contribution < -0.4 is 5.69 Å². The summed E-state index contributed by atoms with van der Waals surface area (Å²) < 4.78 is 20.3. The number of carbonyl (C=O) groups is 1. The van der Waals surface area contributed by atoms with Crippen LogP contribution in [0, 0.1) is 18.2 Å². The van der Waals surface area contributed by atoms with Crippen molar-refractivity contribution in [2.45, 2.75) is 37.8 Å². The Balaban J connectivity index is 1.43. The van der Waals surface area contributed by atoms with Gasteiger partial charge in [0.1, 0.15) is 5.82 Å². The van der Waals surface area contributed by atoms with Crippen molar-refractivity contribution in [1.82, 2.24) is 19.4 Å². The van der Waals surface area contributed by atoms with Crippen molar-refractivity contribution in [1.29, 1.82) is 0 Å². The number of ether oxygens (including phenoxy) is 1. The molecule has 2 aliphatic heterocycles. The highest BCUT2D eigenvalue weighted by Gasteiger charge is 2.42. The van der Waals surface area contributed by atoms with Gasteiger partial charge >= 0.3 is 11.8 Å². The number of amides is 1. The van der Waals surface area contributed by atoms with Gasteiger partial charge in [0.15, 0.2) is 6.61 Å². The molecule has 1 aromatic carbocycles. The number of benzene rings is 1. The average Bonchev–Trinajstić information content (AvgIpc) is 3.26. The summed E-state index contributed by atoms with van der Waals surface area (Å²) in [6.45, 7) is 5.06. The van der Waals surface area contributed by atoms with E-state index < -0.39 is 0 Å². The molecule has 1 N–H and O–H groups in total. The number of fused-ring (bicyclic) bond motifs is 1. The number of carbonyl (C=O) groups excluding carboxylic acids is 1. The number of terminal acetylenes is 1. The molecule has 154 valence electrons. The third-order valence-electron chi connectivity index (χ3n) is 6.26. The van der Waals surface area contributed by atoms with Gasteiger partial charge in [0.25, 0.3) is 0 Å². The highest BCUT2D eigenvalue weighted by atomic mass is 19.1. The van der Waals surface area contributed by atoms with Gasteiger partial charge in [-0.15, -0.1) is 6.42 Å². The van der Waals surface area contributed by atoms with E-state index in [2.05, 4.69) is 22.7 Å². The van der Waals surface area contributed by atoms with Crippen LogP contribution in [-0.2, 0) is 4.74 Å². The molecule has 2 aromatic rings. The maximum Gasteiger partial charge on any atom is 0.410 e. The van der Waals surface area contributed by atoms with Gasteiger partial charge in [0, 0.05) is 37.8 Å². The Morgan fingerprint density at radius 3 is 2.86 bits per heavy atom. The van der Waals surface area contributed by atoms with E-state index in [0.29, 0.717) is 18.6 Å². The summed E-state index contributed by atoms with van der Waals surface area (Å²) >= 11 is 0. The summed E-state index contributed by atoms with van der Waals surface area (Å²) in [5, 5.41) is 0. The number of H-pyrrole nitrogens is 1. The van der Waals surface area contributed by atoms with E-state index in [1.165, 1.54) is 12.1 Å². The lowest BCUT2D eigenvalue weighted by atomic mass is 9.94. The lowest BCUT2D eigenvalue weighted by Gasteiger charge is -2.43. The highest BCUT2D eigenvalue weighted by molar-refractivity contribution is 5.75. The van der Waals surface area contributed by atoms with Crippen molar-refractivity contribution >= 4 is 17.1 Å². The Kier molecular flexibility index (Phi) is 5.09. The first kappa shape index (κ1) is 19.5. The summed E-state index contributed by atoms with van der Waals surface area (Å²) in [7, 11) is 0. The second-order valence-electron chi connectivity index (χ2n) is 8.11. The monoisotopic (exact) mass is 400 g/mol. The van der Waals surface area contributed by atoms with E-state index in [0.717, 1.165) is 37.9 Å². The molecular weight excluding hydrogens is 375 g/mol. The molecule has 1 atom stereocenters. The smallest absolute Gasteiger partial charge is 0.410 e. The molecule has 8 heteroatoms. The molecule has 0 saturated carbocycles. The third-order valence-corrected chi connectivity index (χ3v) is 6.26. The van der Waals surface area contributed by atoms with Gasteiger partial charge in [-0.3, -0.25) is 9.47 Å². The topological polar surface area (TPSA) is 70.6 Å². The van der Waals surface area contributed by atoms with Crippen LogP contribution in [0.25, 0.3) is 11.0 Å². The summed E-state index contributed by atoms with van der Waals surface area (Å²) in [4.78, 5) is 31.4. The number of hydrogen-bond acceptors (Lipinski definition) is 4. The molecule has 2 fully saturated rings. The normalized spacial score (nSPS) is 23.4. The molecule has 3 heterocycles. The van der Waals surface area contributed by atoms with Gasteiger partial charge in [-0.25, -0.2) is 14.0 Å². The van der Waals surface area contributed by atoms with Gasteiger partial charge in [-0.1, -0.05) is 5.92 Å². The quantitative estimate of drug-likeness (QED) is 0.803. The van der Waals surface area contributed by atoms with Gasteiger partial charge in [0.2, 0.25) is 0 Å². The number of hydrogen-bond donors (Lipinski definition) is 1. The van der Waals surface area contributed by atoms with Crippen molar-refractivity contribution in [3.05, 3.63) is 34.5 Å². The number of piperidine rings is 1. The predicted molar refractivity (Wildman–Crippen MR) is 107 cm³/mol. The van der Waals surface area contributed by atoms with Gasteiger partial charge in [0.05, 0.1) is 11.0 Å².